The molecule has 3 heterocycles. The lowest BCUT2D eigenvalue weighted by Crippen LogP contribution is -2.05. The molecule has 0 aliphatic rings. The fourth-order valence-electron chi connectivity index (χ4n) is 2.27. The van der Waals surface area contributed by atoms with Crippen molar-refractivity contribution < 1.29 is 14.3 Å². The Balaban J connectivity index is 1.86. The summed E-state index contributed by atoms with van der Waals surface area (Å²) in [6.07, 6.45) is 3.60. The number of fused-ring (bicyclic) bond motifs is 1. The zero-order valence-corrected chi connectivity index (χ0v) is 14.9. The second kappa shape index (κ2) is 7.47. The minimum atomic E-state index is -0.343. The van der Waals surface area contributed by atoms with E-state index in [2.05, 4.69) is 21.9 Å². The molecular formula is C16H19N5O3S. The number of imidazole rings is 1. The average Bonchev–Trinajstić information content (AvgIpc) is 3.23. The van der Waals surface area contributed by atoms with Gasteiger partial charge in [0.05, 0.1) is 26.6 Å². The molecule has 0 aliphatic carbocycles. The highest BCUT2D eigenvalue weighted by atomic mass is 32.1. The van der Waals surface area contributed by atoms with Crippen molar-refractivity contribution >= 4 is 34.3 Å². The van der Waals surface area contributed by atoms with E-state index >= 15 is 0 Å². The lowest BCUT2D eigenvalue weighted by molar-refractivity contribution is 0.0606. The average molecular weight is 361 g/mol. The van der Waals surface area contributed by atoms with E-state index in [0.29, 0.717) is 29.2 Å². The first-order chi connectivity index (χ1) is 12.1. The van der Waals surface area contributed by atoms with Crippen LogP contribution in [0.2, 0.25) is 0 Å². The number of carbonyl (C=O) groups excluding carboxylic acids is 1. The number of methoxy groups -OCH3 is 1. The summed E-state index contributed by atoms with van der Waals surface area (Å²) < 4.78 is 12.1. The van der Waals surface area contributed by atoms with E-state index in [0.717, 1.165) is 17.7 Å². The number of unbranched alkanes of at least 4 members (excludes halogenated alkanes) is 1. The molecule has 0 amide bonds. The predicted molar refractivity (Wildman–Crippen MR) is 94.9 cm³/mol. The summed E-state index contributed by atoms with van der Waals surface area (Å²) in [6, 6.07) is 3.88. The summed E-state index contributed by atoms with van der Waals surface area (Å²) in [7, 11) is 1.37. The Morgan fingerprint density at radius 3 is 2.96 bits per heavy atom. The number of hydrogen-bond donors (Lipinski definition) is 1. The third kappa shape index (κ3) is 3.71. The van der Waals surface area contributed by atoms with Gasteiger partial charge in [0.1, 0.15) is 4.88 Å². The van der Waals surface area contributed by atoms with Crippen LogP contribution in [0.15, 0.2) is 18.5 Å². The van der Waals surface area contributed by atoms with Gasteiger partial charge in [-0.1, -0.05) is 13.3 Å². The molecule has 0 spiro atoms. The fraction of sp³-hybridized carbons (Fsp3) is 0.375. The highest BCUT2D eigenvalue weighted by molar-refractivity contribution is 7.13. The van der Waals surface area contributed by atoms with Gasteiger partial charge in [-0.15, -0.1) is 11.3 Å². The summed E-state index contributed by atoms with van der Waals surface area (Å²) in [6.45, 7) is 3.15. The Morgan fingerprint density at radius 2 is 2.20 bits per heavy atom. The molecule has 0 aromatic carbocycles. The number of ether oxygens (including phenoxy) is 2. The molecule has 132 valence electrons. The first kappa shape index (κ1) is 17.2. The van der Waals surface area contributed by atoms with Crippen molar-refractivity contribution in [2.24, 2.45) is 0 Å². The van der Waals surface area contributed by atoms with Gasteiger partial charge >= 0.3 is 12.0 Å². The van der Waals surface area contributed by atoms with Crippen LogP contribution in [-0.4, -0.2) is 39.2 Å². The number of nitrogens with zero attached hydrogens (tertiary/aromatic N) is 4. The van der Waals surface area contributed by atoms with Gasteiger partial charge in [0, 0.05) is 4.88 Å². The van der Waals surface area contributed by atoms with Crippen LogP contribution in [0, 0.1) is 0 Å². The third-order valence-corrected chi connectivity index (χ3v) is 4.62. The van der Waals surface area contributed by atoms with Gasteiger partial charge in [-0.05, 0) is 18.6 Å². The first-order valence-corrected chi connectivity index (χ1v) is 8.72. The van der Waals surface area contributed by atoms with Crippen molar-refractivity contribution in [2.75, 3.05) is 19.5 Å². The summed E-state index contributed by atoms with van der Waals surface area (Å²) in [5, 5.41) is 0. The molecule has 3 aromatic rings. The lowest BCUT2D eigenvalue weighted by Gasteiger charge is -2.06. The van der Waals surface area contributed by atoms with Crippen molar-refractivity contribution in [3.05, 3.63) is 28.2 Å². The van der Waals surface area contributed by atoms with E-state index in [-0.39, 0.29) is 17.8 Å². The molecule has 0 radical (unpaired) electrons. The number of anilines is 1. The molecule has 0 fully saturated rings. The lowest BCUT2D eigenvalue weighted by atomic mass is 10.4. The van der Waals surface area contributed by atoms with Gasteiger partial charge in [0.2, 0.25) is 0 Å². The number of nitrogen functional groups attached to an aromatic ring is 1. The third-order valence-electron chi connectivity index (χ3n) is 3.57. The van der Waals surface area contributed by atoms with Crippen LogP contribution >= 0.6 is 11.3 Å². The van der Waals surface area contributed by atoms with Crippen LogP contribution in [-0.2, 0) is 11.3 Å². The van der Waals surface area contributed by atoms with E-state index < -0.39 is 0 Å². The highest BCUT2D eigenvalue weighted by Crippen LogP contribution is 2.23. The second-order valence-corrected chi connectivity index (χ2v) is 6.56. The van der Waals surface area contributed by atoms with Gasteiger partial charge < -0.3 is 19.8 Å². The maximum Gasteiger partial charge on any atom is 0.348 e. The molecule has 2 N–H and O–H groups in total. The quantitative estimate of drug-likeness (QED) is 0.509. The predicted octanol–water partition coefficient (Wildman–Crippen LogP) is 2.48. The summed E-state index contributed by atoms with van der Waals surface area (Å²) in [5.74, 6) is -0.0541. The second-order valence-electron chi connectivity index (χ2n) is 5.40. The van der Waals surface area contributed by atoms with Crippen LogP contribution in [0.4, 0.5) is 5.82 Å². The number of esters is 1. The van der Waals surface area contributed by atoms with E-state index in [1.54, 1.807) is 12.4 Å². The van der Waals surface area contributed by atoms with Gasteiger partial charge in [0.15, 0.2) is 17.0 Å². The van der Waals surface area contributed by atoms with Gasteiger partial charge in [0.25, 0.3) is 0 Å². The normalized spacial score (nSPS) is 11.0. The monoisotopic (exact) mass is 361 g/mol. The molecular weight excluding hydrogens is 342 g/mol. The topological polar surface area (TPSA) is 105 Å². The number of aromatic nitrogens is 4. The Kier molecular flexibility index (Phi) is 5.13. The van der Waals surface area contributed by atoms with Crippen molar-refractivity contribution in [3.63, 3.8) is 0 Å². The molecule has 0 saturated carbocycles. The van der Waals surface area contributed by atoms with Crippen LogP contribution in [0.5, 0.6) is 6.01 Å². The van der Waals surface area contributed by atoms with Crippen LogP contribution in [0.1, 0.15) is 34.3 Å². The smallest absolute Gasteiger partial charge is 0.348 e. The molecule has 0 aliphatic heterocycles. The SMILES string of the molecule is CCCCOc1nc(N)c2ncn(Cc3ccc(C(=O)OC)s3)c2n1. The van der Waals surface area contributed by atoms with Crippen LogP contribution in [0.3, 0.4) is 0 Å². The summed E-state index contributed by atoms with van der Waals surface area (Å²) in [4.78, 5) is 25.9. The van der Waals surface area contributed by atoms with Gasteiger partial charge in [-0.2, -0.15) is 9.97 Å². The Hall–Kier alpha value is -2.68. The van der Waals surface area contributed by atoms with Crippen LogP contribution in [0.25, 0.3) is 11.2 Å². The molecule has 0 unspecified atom stereocenters. The summed E-state index contributed by atoms with van der Waals surface area (Å²) >= 11 is 1.37. The number of thiophene rings is 1. The van der Waals surface area contributed by atoms with Crippen molar-refractivity contribution in [2.45, 2.75) is 26.3 Å². The van der Waals surface area contributed by atoms with E-state index in [4.69, 9.17) is 15.2 Å². The van der Waals surface area contributed by atoms with Crippen LogP contribution < -0.4 is 10.5 Å². The maximum absolute atomic E-state index is 11.6. The Morgan fingerprint density at radius 1 is 1.36 bits per heavy atom. The number of nitrogens with two attached hydrogens (primary N) is 1. The van der Waals surface area contributed by atoms with E-state index in [9.17, 15) is 4.79 Å². The molecule has 3 aromatic heterocycles. The molecule has 0 bridgehead atoms. The first-order valence-electron chi connectivity index (χ1n) is 7.90. The summed E-state index contributed by atoms with van der Waals surface area (Å²) in [5.41, 5.74) is 7.10. The van der Waals surface area contributed by atoms with E-state index in [1.165, 1.54) is 18.4 Å². The largest absolute Gasteiger partial charge is 0.465 e. The molecule has 8 nitrogen and oxygen atoms in total. The number of rotatable bonds is 7. The minimum Gasteiger partial charge on any atom is -0.465 e. The van der Waals surface area contributed by atoms with E-state index in [1.807, 2.05) is 10.6 Å². The molecule has 0 saturated heterocycles. The standard InChI is InChI=1S/C16H19N5O3S/c1-3-4-7-24-16-19-13(17)12-14(20-16)21(9-18-12)8-10-5-6-11(25-10)15(22)23-2/h5-6,9H,3-4,7-8H2,1-2H3,(H2,17,19,20). The Bertz CT molecular complexity index is 889. The minimum absolute atomic E-state index is 0.252. The highest BCUT2D eigenvalue weighted by Gasteiger charge is 2.14. The fourth-order valence-corrected chi connectivity index (χ4v) is 3.20. The maximum atomic E-state index is 11.6. The van der Waals surface area contributed by atoms with Gasteiger partial charge in [-0.3, -0.25) is 0 Å². The number of carbonyl (C=O) groups is 1. The van der Waals surface area contributed by atoms with Gasteiger partial charge in [-0.25, -0.2) is 9.78 Å². The number of hydrogen-bond acceptors (Lipinski definition) is 8. The molecule has 0 atom stereocenters. The molecule has 25 heavy (non-hydrogen) atoms. The zero-order chi connectivity index (χ0) is 17.8. The zero-order valence-electron chi connectivity index (χ0n) is 14.1. The molecule has 9 heteroatoms. The molecule has 3 rings (SSSR count). The van der Waals surface area contributed by atoms with Crippen molar-refractivity contribution in [3.8, 4) is 6.01 Å². The van der Waals surface area contributed by atoms with Crippen molar-refractivity contribution in [1.29, 1.82) is 0 Å². The Labute approximate surface area is 148 Å². The van der Waals surface area contributed by atoms with Crippen molar-refractivity contribution in [1.82, 2.24) is 19.5 Å².